The molecule has 1 aliphatic rings. The van der Waals surface area contributed by atoms with Crippen molar-refractivity contribution in [2.24, 2.45) is 0 Å². The fraction of sp³-hybridized carbons (Fsp3) is 0.533. The average molecular weight is 264 g/mol. The third kappa shape index (κ3) is 3.70. The molecule has 1 N–H and O–H groups in total. The van der Waals surface area contributed by atoms with Gasteiger partial charge in [-0.15, -0.1) is 0 Å². The van der Waals surface area contributed by atoms with Crippen LogP contribution in [0.25, 0.3) is 0 Å². The zero-order valence-electron chi connectivity index (χ0n) is 11.3. The zero-order valence-corrected chi connectivity index (χ0v) is 11.3. The molecule has 1 aliphatic heterocycles. The number of ether oxygens (including phenoxy) is 2. The number of carboxylic acid groups (broad SMARTS) is 1. The Labute approximate surface area is 113 Å². The molecule has 0 aromatic heterocycles. The Morgan fingerprint density at radius 2 is 2.26 bits per heavy atom. The van der Waals surface area contributed by atoms with Crippen LogP contribution in [-0.4, -0.2) is 29.9 Å². The van der Waals surface area contributed by atoms with Crippen molar-refractivity contribution in [2.45, 2.75) is 44.8 Å². The Bertz CT molecular complexity index is 442. The smallest absolute Gasteiger partial charge is 0.332 e. The van der Waals surface area contributed by atoms with Gasteiger partial charge >= 0.3 is 5.97 Å². The van der Waals surface area contributed by atoms with E-state index in [9.17, 15) is 4.79 Å². The van der Waals surface area contributed by atoms with E-state index in [4.69, 9.17) is 14.6 Å². The van der Waals surface area contributed by atoms with Gasteiger partial charge in [-0.2, -0.15) is 0 Å². The molecule has 2 unspecified atom stereocenters. The number of carbonyl (C=O) groups is 1. The summed E-state index contributed by atoms with van der Waals surface area (Å²) in [5, 5.41) is 8.85. The summed E-state index contributed by atoms with van der Waals surface area (Å²) in [6.07, 6.45) is 0.510. The van der Waals surface area contributed by atoms with Crippen LogP contribution >= 0.6 is 0 Å². The molecule has 0 amide bonds. The predicted molar refractivity (Wildman–Crippen MR) is 71.6 cm³/mol. The largest absolute Gasteiger partial charge is 0.491 e. The van der Waals surface area contributed by atoms with E-state index >= 15 is 0 Å². The predicted octanol–water partition coefficient (Wildman–Crippen LogP) is 2.82. The van der Waals surface area contributed by atoms with Crippen LogP contribution in [0, 0.1) is 0 Å². The van der Waals surface area contributed by atoms with Crippen LogP contribution in [0.2, 0.25) is 0 Å². The lowest BCUT2D eigenvalue weighted by Crippen LogP contribution is -2.23. The van der Waals surface area contributed by atoms with Crippen molar-refractivity contribution in [2.75, 3.05) is 6.61 Å². The van der Waals surface area contributed by atoms with E-state index in [-0.39, 0.29) is 6.10 Å². The summed E-state index contributed by atoms with van der Waals surface area (Å²) in [4.78, 5) is 10.8. The van der Waals surface area contributed by atoms with Crippen LogP contribution < -0.4 is 4.74 Å². The lowest BCUT2D eigenvalue weighted by Gasteiger charge is -2.14. The van der Waals surface area contributed by atoms with Gasteiger partial charge in [0.1, 0.15) is 12.4 Å². The van der Waals surface area contributed by atoms with Crippen molar-refractivity contribution in [1.82, 2.24) is 0 Å². The van der Waals surface area contributed by atoms with Crippen molar-refractivity contribution in [3.63, 3.8) is 0 Å². The molecule has 4 heteroatoms. The van der Waals surface area contributed by atoms with E-state index < -0.39 is 12.1 Å². The fourth-order valence-electron chi connectivity index (χ4n) is 2.16. The number of rotatable bonds is 5. The number of hydrogen-bond acceptors (Lipinski definition) is 3. The summed E-state index contributed by atoms with van der Waals surface area (Å²) in [6.45, 7) is 4.68. The molecule has 1 heterocycles. The monoisotopic (exact) mass is 264 g/mol. The van der Waals surface area contributed by atoms with Crippen LogP contribution in [0.3, 0.4) is 0 Å². The second kappa shape index (κ2) is 6.06. The molecule has 104 valence electrons. The van der Waals surface area contributed by atoms with Crippen molar-refractivity contribution >= 4 is 5.97 Å². The molecule has 1 aromatic rings. The van der Waals surface area contributed by atoms with Gasteiger partial charge in [-0.05, 0) is 36.5 Å². The lowest BCUT2D eigenvalue weighted by atomic mass is 10.0. The molecule has 2 atom stereocenters. The summed E-state index contributed by atoms with van der Waals surface area (Å²) in [5.74, 6) is 0.389. The van der Waals surface area contributed by atoms with Crippen molar-refractivity contribution < 1.29 is 19.4 Å². The highest BCUT2D eigenvalue weighted by Gasteiger charge is 2.30. The van der Waals surface area contributed by atoms with Crippen molar-refractivity contribution in [3.8, 4) is 5.75 Å². The molecule has 4 nitrogen and oxygen atoms in total. The first-order valence-corrected chi connectivity index (χ1v) is 6.67. The standard InChI is InChI=1S/C15H20O4/c1-10(2)11-4-3-5-12(8-11)18-9-13-6-7-14(19-13)15(16)17/h3-5,8,10,13-14H,6-7,9H2,1-2H3,(H,16,17). The maximum absolute atomic E-state index is 10.8. The molecule has 0 radical (unpaired) electrons. The summed E-state index contributed by atoms with van der Waals surface area (Å²) in [6, 6.07) is 7.98. The maximum Gasteiger partial charge on any atom is 0.332 e. The highest BCUT2D eigenvalue weighted by molar-refractivity contribution is 5.72. The number of carboxylic acids is 1. The minimum atomic E-state index is -0.885. The van der Waals surface area contributed by atoms with Gasteiger partial charge < -0.3 is 14.6 Å². The Morgan fingerprint density at radius 3 is 2.89 bits per heavy atom. The summed E-state index contributed by atoms with van der Waals surface area (Å²) in [5.41, 5.74) is 1.23. The van der Waals surface area contributed by atoms with Gasteiger partial charge in [0.2, 0.25) is 0 Å². The van der Waals surface area contributed by atoms with Gasteiger partial charge in [0.25, 0.3) is 0 Å². The highest BCUT2D eigenvalue weighted by Crippen LogP contribution is 2.23. The van der Waals surface area contributed by atoms with E-state index in [1.807, 2.05) is 18.2 Å². The number of aliphatic carboxylic acids is 1. The molecule has 0 saturated carbocycles. The van der Waals surface area contributed by atoms with E-state index in [2.05, 4.69) is 19.9 Å². The Morgan fingerprint density at radius 1 is 1.47 bits per heavy atom. The van der Waals surface area contributed by atoms with Gasteiger partial charge in [0.15, 0.2) is 6.10 Å². The maximum atomic E-state index is 10.8. The number of hydrogen-bond donors (Lipinski definition) is 1. The first kappa shape index (κ1) is 13.9. The van der Waals surface area contributed by atoms with Crippen LogP contribution in [-0.2, 0) is 9.53 Å². The van der Waals surface area contributed by atoms with Crippen molar-refractivity contribution in [3.05, 3.63) is 29.8 Å². The van der Waals surface area contributed by atoms with Crippen LogP contribution in [0.15, 0.2) is 24.3 Å². The lowest BCUT2D eigenvalue weighted by molar-refractivity contribution is -0.149. The molecular formula is C15H20O4. The molecule has 0 spiro atoms. The molecule has 0 aliphatic carbocycles. The molecule has 1 saturated heterocycles. The zero-order chi connectivity index (χ0) is 13.8. The SMILES string of the molecule is CC(C)c1cccc(OCC2CCC(C(=O)O)O2)c1. The molecule has 19 heavy (non-hydrogen) atoms. The summed E-state index contributed by atoms with van der Waals surface area (Å²) in [7, 11) is 0. The van der Waals surface area contributed by atoms with E-state index in [1.165, 1.54) is 5.56 Å². The van der Waals surface area contributed by atoms with Gasteiger partial charge in [-0.3, -0.25) is 0 Å². The third-order valence-electron chi connectivity index (χ3n) is 3.34. The topological polar surface area (TPSA) is 55.8 Å². The molecular weight excluding hydrogens is 244 g/mol. The second-order valence-electron chi connectivity index (χ2n) is 5.20. The summed E-state index contributed by atoms with van der Waals surface area (Å²) >= 11 is 0. The average Bonchev–Trinajstić information content (AvgIpc) is 2.85. The normalized spacial score (nSPS) is 22.7. The molecule has 0 bridgehead atoms. The quantitative estimate of drug-likeness (QED) is 0.888. The van der Waals surface area contributed by atoms with E-state index in [0.29, 0.717) is 18.9 Å². The molecule has 1 aromatic carbocycles. The number of benzene rings is 1. The van der Waals surface area contributed by atoms with E-state index in [0.717, 1.165) is 12.2 Å². The Hall–Kier alpha value is -1.55. The molecule has 1 fully saturated rings. The third-order valence-corrected chi connectivity index (χ3v) is 3.34. The van der Waals surface area contributed by atoms with Crippen LogP contribution in [0.4, 0.5) is 0 Å². The second-order valence-corrected chi connectivity index (χ2v) is 5.20. The van der Waals surface area contributed by atoms with Gasteiger partial charge in [0, 0.05) is 0 Å². The van der Waals surface area contributed by atoms with Gasteiger partial charge in [-0.1, -0.05) is 26.0 Å². The first-order valence-electron chi connectivity index (χ1n) is 6.67. The van der Waals surface area contributed by atoms with Gasteiger partial charge in [-0.25, -0.2) is 4.79 Å². The van der Waals surface area contributed by atoms with Crippen molar-refractivity contribution in [1.29, 1.82) is 0 Å². The van der Waals surface area contributed by atoms with Crippen LogP contribution in [0.1, 0.15) is 38.2 Å². The Kier molecular flexibility index (Phi) is 4.43. The Balaban J connectivity index is 1.86. The fourth-order valence-corrected chi connectivity index (χ4v) is 2.16. The minimum absolute atomic E-state index is 0.121. The first-order chi connectivity index (χ1) is 9.06. The highest BCUT2D eigenvalue weighted by atomic mass is 16.6. The minimum Gasteiger partial charge on any atom is -0.491 e. The molecule has 2 rings (SSSR count). The van der Waals surface area contributed by atoms with Gasteiger partial charge in [0.05, 0.1) is 6.10 Å². The summed E-state index contributed by atoms with van der Waals surface area (Å²) < 4.78 is 11.1. The van der Waals surface area contributed by atoms with Crippen LogP contribution in [0.5, 0.6) is 5.75 Å². The van der Waals surface area contributed by atoms with E-state index in [1.54, 1.807) is 0 Å².